The standard InChI is InChI=1S/C14H26F4O8S2/c1-5-11(4,25-9-13(15,16)27(19,20)21)8-12(6-2,7-3)26-10-14(17,18)28(22,23)24/h5-10H2,1-4H3,(H,19,20,21)(H,22,23,24). The number of hydrogen-bond acceptors (Lipinski definition) is 6. The molecule has 0 radical (unpaired) electrons. The van der Waals surface area contributed by atoms with E-state index in [0.29, 0.717) is 0 Å². The summed E-state index contributed by atoms with van der Waals surface area (Å²) in [5, 5.41) is -9.16. The highest BCUT2D eigenvalue weighted by Crippen LogP contribution is 2.37. The summed E-state index contributed by atoms with van der Waals surface area (Å²) in [5.41, 5.74) is -2.92. The maximum absolute atomic E-state index is 13.5. The van der Waals surface area contributed by atoms with Crippen LogP contribution in [-0.4, -0.2) is 60.9 Å². The molecule has 2 N–H and O–H groups in total. The Morgan fingerprint density at radius 3 is 1.39 bits per heavy atom. The Morgan fingerprint density at radius 1 is 0.750 bits per heavy atom. The molecule has 0 aromatic carbocycles. The molecule has 0 saturated carbocycles. The first-order chi connectivity index (χ1) is 12.3. The molecule has 0 aliphatic heterocycles. The van der Waals surface area contributed by atoms with Gasteiger partial charge in [-0.25, -0.2) is 0 Å². The van der Waals surface area contributed by atoms with Crippen LogP contribution in [0.15, 0.2) is 0 Å². The predicted molar refractivity (Wildman–Crippen MR) is 91.5 cm³/mol. The molecule has 0 fully saturated rings. The van der Waals surface area contributed by atoms with Crippen molar-refractivity contribution < 1.29 is 53.0 Å². The maximum Gasteiger partial charge on any atom is 0.392 e. The van der Waals surface area contributed by atoms with E-state index in [1.54, 1.807) is 0 Å². The van der Waals surface area contributed by atoms with Crippen LogP contribution in [-0.2, 0) is 29.7 Å². The zero-order valence-corrected chi connectivity index (χ0v) is 17.5. The summed E-state index contributed by atoms with van der Waals surface area (Å²) in [5.74, 6) is 0. The highest BCUT2D eigenvalue weighted by Gasteiger charge is 2.49. The summed E-state index contributed by atoms with van der Waals surface area (Å²) >= 11 is 0. The number of rotatable bonds is 13. The lowest BCUT2D eigenvalue weighted by atomic mass is 9.82. The third-order valence-electron chi connectivity index (χ3n) is 4.62. The molecular formula is C14H26F4O8S2. The van der Waals surface area contributed by atoms with E-state index in [-0.39, 0.29) is 25.7 Å². The van der Waals surface area contributed by atoms with Gasteiger partial charge in [-0.1, -0.05) is 20.8 Å². The van der Waals surface area contributed by atoms with Gasteiger partial charge in [0, 0.05) is 6.42 Å². The number of alkyl halides is 4. The molecule has 0 saturated heterocycles. The summed E-state index contributed by atoms with van der Waals surface area (Å²) in [6.45, 7) is 2.52. The maximum atomic E-state index is 13.5. The van der Waals surface area contributed by atoms with Gasteiger partial charge in [-0.15, -0.1) is 0 Å². The minimum absolute atomic E-state index is 0.0361. The van der Waals surface area contributed by atoms with Crippen molar-refractivity contribution >= 4 is 20.2 Å². The Balaban J connectivity index is 5.50. The Labute approximate surface area is 162 Å². The molecule has 0 spiro atoms. The van der Waals surface area contributed by atoms with E-state index in [9.17, 15) is 34.4 Å². The highest BCUT2D eigenvalue weighted by atomic mass is 32.2. The smallest absolute Gasteiger partial charge is 0.368 e. The van der Waals surface area contributed by atoms with Crippen LogP contribution in [0, 0.1) is 0 Å². The average molecular weight is 462 g/mol. The van der Waals surface area contributed by atoms with Gasteiger partial charge in [0.15, 0.2) is 0 Å². The summed E-state index contributed by atoms with van der Waals surface area (Å²) in [4.78, 5) is 0. The first kappa shape index (κ1) is 27.5. The van der Waals surface area contributed by atoms with Gasteiger partial charge >= 0.3 is 30.7 Å². The van der Waals surface area contributed by atoms with Crippen LogP contribution >= 0.6 is 0 Å². The fourth-order valence-corrected chi connectivity index (χ4v) is 2.77. The fourth-order valence-electron chi connectivity index (χ4n) is 2.36. The monoisotopic (exact) mass is 462 g/mol. The van der Waals surface area contributed by atoms with E-state index >= 15 is 0 Å². The Morgan fingerprint density at radius 2 is 1.11 bits per heavy atom. The summed E-state index contributed by atoms with van der Waals surface area (Å²) in [7, 11) is -11.4. The zero-order valence-electron chi connectivity index (χ0n) is 15.9. The predicted octanol–water partition coefficient (Wildman–Crippen LogP) is 3.10. The molecule has 28 heavy (non-hydrogen) atoms. The molecule has 0 aromatic heterocycles. The van der Waals surface area contributed by atoms with Crippen LogP contribution in [0.4, 0.5) is 17.6 Å². The molecule has 0 rings (SSSR count). The van der Waals surface area contributed by atoms with E-state index in [1.165, 1.54) is 27.7 Å². The fraction of sp³-hybridized carbons (Fsp3) is 1.00. The Hall–Kier alpha value is -0.540. The summed E-state index contributed by atoms with van der Waals surface area (Å²) < 4.78 is 124. The first-order valence-corrected chi connectivity index (χ1v) is 11.2. The molecule has 8 nitrogen and oxygen atoms in total. The lowest BCUT2D eigenvalue weighted by Crippen LogP contribution is -2.47. The topological polar surface area (TPSA) is 127 Å². The lowest BCUT2D eigenvalue weighted by Gasteiger charge is -2.41. The van der Waals surface area contributed by atoms with Crippen molar-refractivity contribution in [3.8, 4) is 0 Å². The zero-order chi connectivity index (χ0) is 22.7. The molecule has 0 amide bonds. The Bertz CT molecular complexity index is 720. The molecular weight excluding hydrogens is 436 g/mol. The molecule has 0 heterocycles. The van der Waals surface area contributed by atoms with E-state index in [4.69, 9.17) is 18.6 Å². The van der Waals surface area contributed by atoms with Gasteiger partial charge < -0.3 is 9.47 Å². The van der Waals surface area contributed by atoms with Gasteiger partial charge in [-0.2, -0.15) is 34.4 Å². The van der Waals surface area contributed by atoms with Crippen molar-refractivity contribution in [2.24, 2.45) is 0 Å². The van der Waals surface area contributed by atoms with E-state index < -0.39 is 55.2 Å². The minimum atomic E-state index is -5.72. The largest absolute Gasteiger partial charge is 0.392 e. The first-order valence-electron chi connectivity index (χ1n) is 8.28. The molecule has 0 aliphatic carbocycles. The van der Waals surface area contributed by atoms with Gasteiger partial charge in [-0.05, 0) is 26.2 Å². The van der Waals surface area contributed by atoms with Crippen LogP contribution in [0.5, 0.6) is 0 Å². The van der Waals surface area contributed by atoms with E-state index in [0.717, 1.165) is 0 Å². The number of halogens is 4. The van der Waals surface area contributed by atoms with Crippen LogP contribution in [0.3, 0.4) is 0 Å². The van der Waals surface area contributed by atoms with Crippen molar-refractivity contribution in [2.45, 2.75) is 75.1 Å². The second kappa shape index (κ2) is 9.08. The molecule has 1 unspecified atom stereocenters. The molecule has 0 bridgehead atoms. The highest BCUT2D eigenvalue weighted by molar-refractivity contribution is 7.87. The quantitative estimate of drug-likeness (QED) is 0.316. The van der Waals surface area contributed by atoms with Crippen LogP contribution in [0.1, 0.15) is 53.4 Å². The van der Waals surface area contributed by atoms with E-state index in [2.05, 4.69) is 0 Å². The summed E-state index contributed by atoms with van der Waals surface area (Å²) in [6.07, 6.45) is -0.127. The van der Waals surface area contributed by atoms with Gasteiger partial charge in [0.25, 0.3) is 0 Å². The third-order valence-corrected chi connectivity index (χ3v) is 6.37. The number of hydrogen-bond donors (Lipinski definition) is 2. The molecule has 0 aromatic rings. The van der Waals surface area contributed by atoms with Crippen molar-refractivity contribution in [2.75, 3.05) is 13.2 Å². The molecule has 170 valence electrons. The summed E-state index contributed by atoms with van der Waals surface area (Å²) in [6, 6.07) is 0. The second-order valence-corrected chi connectivity index (χ2v) is 9.77. The minimum Gasteiger partial charge on any atom is -0.368 e. The van der Waals surface area contributed by atoms with Gasteiger partial charge in [0.1, 0.15) is 13.2 Å². The van der Waals surface area contributed by atoms with Crippen LogP contribution in [0.2, 0.25) is 0 Å². The lowest BCUT2D eigenvalue weighted by molar-refractivity contribution is -0.166. The number of ether oxygens (including phenoxy) is 2. The van der Waals surface area contributed by atoms with Crippen molar-refractivity contribution in [3.63, 3.8) is 0 Å². The average Bonchev–Trinajstić information content (AvgIpc) is 2.55. The SMILES string of the molecule is CCC(C)(CC(CC)(CC)OCC(F)(F)S(=O)(=O)O)OCC(F)(F)S(=O)(=O)O. The van der Waals surface area contributed by atoms with Crippen molar-refractivity contribution in [1.82, 2.24) is 0 Å². The van der Waals surface area contributed by atoms with Gasteiger partial charge in [0.05, 0.1) is 11.2 Å². The van der Waals surface area contributed by atoms with Gasteiger partial charge in [-0.3, -0.25) is 9.11 Å². The molecule has 0 aliphatic rings. The molecule has 1 atom stereocenters. The Kier molecular flexibility index (Phi) is 8.91. The van der Waals surface area contributed by atoms with Crippen LogP contribution in [0.25, 0.3) is 0 Å². The van der Waals surface area contributed by atoms with Crippen molar-refractivity contribution in [3.05, 3.63) is 0 Å². The van der Waals surface area contributed by atoms with E-state index in [1.807, 2.05) is 0 Å². The molecule has 14 heteroatoms. The second-order valence-electron chi connectivity index (χ2n) is 6.67. The third kappa shape index (κ3) is 7.06. The normalized spacial score (nSPS) is 16.8. The van der Waals surface area contributed by atoms with Gasteiger partial charge in [0.2, 0.25) is 0 Å². The van der Waals surface area contributed by atoms with Crippen LogP contribution < -0.4 is 0 Å². The van der Waals surface area contributed by atoms with Crippen molar-refractivity contribution in [1.29, 1.82) is 0 Å².